The molecule has 0 atom stereocenters. The van der Waals surface area contributed by atoms with E-state index in [1.165, 1.54) is 37.6 Å². The monoisotopic (exact) mass is 385 g/mol. The van der Waals surface area contributed by atoms with Gasteiger partial charge in [0.2, 0.25) is 0 Å². The number of carbonyl (C=O) groups excluding carboxylic acids is 1. The molecule has 0 aromatic heterocycles. The molecule has 2 N–H and O–H groups in total. The molecule has 27 heavy (non-hydrogen) atoms. The van der Waals surface area contributed by atoms with Gasteiger partial charge in [-0.05, 0) is 49.2 Å². The van der Waals surface area contributed by atoms with E-state index in [9.17, 15) is 13.2 Å². The van der Waals surface area contributed by atoms with Gasteiger partial charge in [0.15, 0.2) is 5.57 Å². The predicted octanol–water partition coefficient (Wildman–Crippen LogP) is 3.10. The molecular weight excluding hydrogens is 366 g/mol. The number of para-hydroxylation sites is 1. The molecule has 140 valence electrons. The second-order valence-corrected chi connectivity index (χ2v) is 7.38. The molecule has 0 heterocycles. The fraction of sp³-hybridized carbons (Fsp3) is 0.158. The van der Waals surface area contributed by atoms with Gasteiger partial charge in [0.05, 0.1) is 17.7 Å². The highest BCUT2D eigenvalue weighted by molar-refractivity contribution is 7.92. The maximum atomic E-state index is 12.6. The van der Waals surface area contributed by atoms with Crippen LogP contribution < -0.4 is 10.0 Å². The molecule has 0 aliphatic rings. The first-order valence-electron chi connectivity index (χ1n) is 7.92. The second kappa shape index (κ2) is 8.38. The van der Waals surface area contributed by atoms with Gasteiger partial charge in [-0.25, -0.2) is 13.2 Å². The lowest BCUT2D eigenvalue weighted by atomic mass is 10.1. The lowest BCUT2D eigenvalue weighted by Gasteiger charge is -2.13. The summed E-state index contributed by atoms with van der Waals surface area (Å²) >= 11 is 0. The van der Waals surface area contributed by atoms with Crippen LogP contribution in [0.4, 0.5) is 11.4 Å². The highest BCUT2D eigenvalue weighted by Crippen LogP contribution is 2.24. The number of nitrogens with zero attached hydrogens (tertiary/aromatic N) is 1. The van der Waals surface area contributed by atoms with Crippen LogP contribution >= 0.6 is 0 Å². The number of methoxy groups -OCH3 is 1. The van der Waals surface area contributed by atoms with Crippen LogP contribution in [0.25, 0.3) is 0 Å². The molecule has 2 rings (SSSR count). The van der Waals surface area contributed by atoms with Crippen LogP contribution in [0.3, 0.4) is 0 Å². The number of aryl methyl sites for hydroxylation is 2. The molecule has 8 heteroatoms. The molecule has 0 radical (unpaired) electrons. The Morgan fingerprint density at radius 1 is 1.11 bits per heavy atom. The normalized spacial score (nSPS) is 11.4. The molecule has 0 aliphatic heterocycles. The van der Waals surface area contributed by atoms with E-state index in [0.29, 0.717) is 11.4 Å². The number of esters is 1. The Bertz CT molecular complexity index is 1000. The van der Waals surface area contributed by atoms with Crippen LogP contribution in [0.5, 0.6) is 0 Å². The minimum Gasteiger partial charge on any atom is -0.465 e. The Hall–Kier alpha value is -3.31. The van der Waals surface area contributed by atoms with E-state index in [1.807, 2.05) is 32.0 Å². The maximum absolute atomic E-state index is 12.6. The summed E-state index contributed by atoms with van der Waals surface area (Å²) in [6, 6.07) is 13.2. The first-order chi connectivity index (χ1) is 12.8. The molecule has 0 spiro atoms. The van der Waals surface area contributed by atoms with Crippen LogP contribution in [-0.4, -0.2) is 21.5 Å². The van der Waals surface area contributed by atoms with Crippen LogP contribution in [0.15, 0.2) is 59.1 Å². The van der Waals surface area contributed by atoms with Gasteiger partial charge >= 0.3 is 5.97 Å². The summed E-state index contributed by atoms with van der Waals surface area (Å²) in [4.78, 5) is 11.4. The topological polar surface area (TPSA) is 108 Å². The third-order valence-corrected chi connectivity index (χ3v) is 5.16. The standard InChI is InChI=1S/C19H19N3O4S/c1-13-5-4-6-14(2)18(13)22-27(24,25)17-9-7-16(8-10-17)21-12-15(11-20)19(23)26-3/h4-10,12,21-22H,1-3H3/b15-12+. The summed E-state index contributed by atoms with van der Waals surface area (Å²) in [5, 5.41) is 11.7. The molecule has 2 aromatic rings. The molecule has 0 amide bonds. The Balaban J connectivity index is 2.20. The van der Waals surface area contributed by atoms with Crippen LogP contribution in [-0.2, 0) is 19.6 Å². The smallest absolute Gasteiger partial charge is 0.350 e. The molecule has 0 saturated carbocycles. The van der Waals surface area contributed by atoms with Crippen molar-refractivity contribution in [3.8, 4) is 6.07 Å². The van der Waals surface area contributed by atoms with Gasteiger partial charge in [0, 0.05) is 11.9 Å². The van der Waals surface area contributed by atoms with E-state index in [1.54, 1.807) is 6.07 Å². The van der Waals surface area contributed by atoms with Gasteiger partial charge in [-0.3, -0.25) is 4.72 Å². The van der Waals surface area contributed by atoms with E-state index in [2.05, 4.69) is 14.8 Å². The number of sulfonamides is 1. The first kappa shape index (κ1) is 20.0. The molecule has 2 aromatic carbocycles. The van der Waals surface area contributed by atoms with Crippen molar-refractivity contribution in [1.29, 1.82) is 5.26 Å². The highest BCUT2D eigenvalue weighted by atomic mass is 32.2. The largest absolute Gasteiger partial charge is 0.465 e. The molecule has 0 saturated heterocycles. The summed E-state index contributed by atoms with van der Waals surface area (Å²) in [6.45, 7) is 3.66. The van der Waals surface area contributed by atoms with Crippen molar-refractivity contribution < 1.29 is 17.9 Å². The lowest BCUT2D eigenvalue weighted by molar-refractivity contribution is -0.135. The minimum absolute atomic E-state index is 0.0909. The summed E-state index contributed by atoms with van der Waals surface area (Å²) in [5.74, 6) is -0.762. The van der Waals surface area contributed by atoms with E-state index in [4.69, 9.17) is 5.26 Å². The van der Waals surface area contributed by atoms with Crippen molar-refractivity contribution >= 4 is 27.4 Å². The predicted molar refractivity (Wildman–Crippen MR) is 103 cm³/mol. The van der Waals surface area contributed by atoms with Gasteiger partial charge in [0.25, 0.3) is 10.0 Å². The molecule has 0 bridgehead atoms. The number of carbonyl (C=O) groups is 1. The van der Waals surface area contributed by atoms with E-state index in [0.717, 1.165) is 11.1 Å². The van der Waals surface area contributed by atoms with Crippen LogP contribution in [0, 0.1) is 25.2 Å². The Kier molecular flexibility index (Phi) is 6.21. The molecule has 0 fully saturated rings. The quantitative estimate of drug-likeness (QED) is 0.449. The fourth-order valence-corrected chi connectivity index (χ4v) is 3.50. The number of benzene rings is 2. The average Bonchev–Trinajstić information content (AvgIpc) is 2.65. The Labute approximate surface area is 158 Å². The van der Waals surface area contributed by atoms with Crippen LogP contribution in [0.1, 0.15) is 11.1 Å². The zero-order valence-corrected chi connectivity index (χ0v) is 15.9. The number of anilines is 2. The fourth-order valence-electron chi connectivity index (χ4n) is 2.30. The van der Waals surface area contributed by atoms with Gasteiger partial charge in [-0.15, -0.1) is 0 Å². The van der Waals surface area contributed by atoms with Crippen molar-refractivity contribution in [2.75, 3.05) is 17.1 Å². The van der Waals surface area contributed by atoms with Crippen molar-refractivity contribution in [3.63, 3.8) is 0 Å². The highest BCUT2D eigenvalue weighted by Gasteiger charge is 2.16. The summed E-state index contributed by atoms with van der Waals surface area (Å²) < 4.78 is 32.3. The molecule has 7 nitrogen and oxygen atoms in total. The van der Waals surface area contributed by atoms with Gasteiger partial charge in [-0.1, -0.05) is 18.2 Å². The van der Waals surface area contributed by atoms with Gasteiger partial charge in [-0.2, -0.15) is 5.26 Å². The number of ether oxygens (including phenoxy) is 1. The maximum Gasteiger partial charge on any atom is 0.350 e. The third-order valence-electron chi connectivity index (χ3n) is 3.79. The summed E-state index contributed by atoms with van der Waals surface area (Å²) in [5.41, 5.74) is 2.52. The Morgan fingerprint density at radius 3 is 2.22 bits per heavy atom. The molecule has 0 aliphatic carbocycles. The SMILES string of the molecule is COC(=O)/C(C#N)=C/Nc1ccc(S(=O)(=O)Nc2c(C)cccc2C)cc1. The third kappa shape index (κ3) is 4.86. The van der Waals surface area contributed by atoms with E-state index >= 15 is 0 Å². The Morgan fingerprint density at radius 2 is 1.70 bits per heavy atom. The van der Waals surface area contributed by atoms with Gasteiger partial charge < -0.3 is 10.1 Å². The minimum atomic E-state index is -3.75. The number of hydrogen-bond donors (Lipinski definition) is 2. The van der Waals surface area contributed by atoms with Crippen molar-refractivity contribution in [2.45, 2.75) is 18.7 Å². The average molecular weight is 385 g/mol. The first-order valence-corrected chi connectivity index (χ1v) is 9.41. The van der Waals surface area contributed by atoms with Crippen molar-refractivity contribution in [3.05, 3.63) is 65.4 Å². The van der Waals surface area contributed by atoms with E-state index in [-0.39, 0.29) is 10.5 Å². The number of nitrogens with one attached hydrogen (secondary N) is 2. The number of hydrogen-bond acceptors (Lipinski definition) is 6. The van der Waals surface area contributed by atoms with Gasteiger partial charge in [0.1, 0.15) is 6.07 Å². The van der Waals surface area contributed by atoms with E-state index < -0.39 is 16.0 Å². The zero-order chi connectivity index (χ0) is 20.0. The van der Waals surface area contributed by atoms with Crippen molar-refractivity contribution in [1.82, 2.24) is 0 Å². The lowest BCUT2D eigenvalue weighted by Crippen LogP contribution is -2.14. The summed E-state index contributed by atoms with van der Waals surface area (Å²) in [7, 11) is -2.57. The van der Waals surface area contributed by atoms with Crippen LogP contribution in [0.2, 0.25) is 0 Å². The zero-order valence-electron chi connectivity index (χ0n) is 15.1. The number of rotatable bonds is 6. The molecular formula is C19H19N3O4S. The summed E-state index contributed by atoms with van der Waals surface area (Å²) in [6.07, 6.45) is 1.20. The molecule has 0 unspecified atom stereocenters. The van der Waals surface area contributed by atoms with Crippen molar-refractivity contribution in [2.24, 2.45) is 0 Å². The second-order valence-electron chi connectivity index (χ2n) is 5.70. The number of nitriles is 1.